The zero-order valence-electron chi connectivity index (χ0n) is 25.9. The molecule has 43 heavy (non-hydrogen) atoms. The van der Waals surface area contributed by atoms with Crippen molar-refractivity contribution in [1.82, 2.24) is 0 Å². The van der Waals surface area contributed by atoms with Gasteiger partial charge in [0, 0.05) is 27.9 Å². The summed E-state index contributed by atoms with van der Waals surface area (Å²) >= 11 is 0. The average Bonchev–Trinajstić information content (AvgIpc) is 3.37. The first-order chi connectivity index (χ1) is 20.6. The van der Waals surface area contributed by atoms with Gasteiger partial charge in [-0.3, -0.25) is 0 Å². The molecule has 1 heteroatoms. The fourth-order valence-corrected chi connectivity index (χ4v) is 7.88. The Morgan fingerprint density at radius 1 is 0.442 bits per heavy atom. The van der Waals surface area contributed by atoms with Gasteiger partial charge in [-0.25, -0.2) is 0 Å². The lowest BCUT2D eigenvalue weighted by Crippen LogP contribution is -2.18. The second-order valence-electron chi connectivity index (χ2n) is 13.6. The summed E-state index contributed by atoms with van der Waals surface area (Å²) in [5.41, 5.74) is 17.0. The molecule has 2 aliphatic carbocycles. The van der Waals surface area contributed by atoms with E-state index in [1.54, 1.807) is 0 Å². The van der Waals surface area contributed by atoms with Crippen molar-refractivity contribution in [2.75, 3.05) is 4.90 Å². The average molecular weight is 556 g/mol. The summed E-state index contributed by atoms with van der Waals surface area (Å²) in [4.78, 5) is 2.48. The van der Waals surface area contributed by atoms with Crippen LogP contribution in [0.3, 0.4) is 0 Å². The molecule has 0 saturated carbocycles. The molecule has 0 amide bonds. The zero-order chi connectivity index (χ0) is 29.7. The van der Waals surface area contributed by atoms with Crippen molar-refractivity contribution < 1.29 is 0 Å². The number of hydrogen-bond donors (Lipinski definition) is 0. The molecule has 0 fully saturated rings. The van der Waals surface area contributed by atoms with E-state index in [1.165, 1.54) is 83.5 Å². The second-order valence-corrected chi connectivity index (χ2v) is 13.6. The predicted molar refractivity (Wildman–Crippen MR) is 183 cm³/mol. The number of benzene rings is 6. The minimum absolute atomic E-state index is 0.0635. The predicted octanol–water partition coefficient (Wildman–Crippen LogP) is 11.5. The Labute approximate surface area is 255 Å². The Morgan fingerprint density at radius 3 is 1.51 bits per heavy atom. The highest BCUT2D eigenvalue weighted by atomic mass is 15.1. The van der Waals surface area contributed by atoms with Crippen molar-refractivity contribution in [3.05, 3.63) is 149 Å². The van der Waals surface area contributed by atoms with Gasteiger partial charge in [0.2, 0.25) is 0 Å². The molecule has 0 unspecified atom stereocenters. The molecular weight excluding hydrogens is 518 g/mol. The van der Waals surface area contributed by atoms with Crippen molar-refractivity contribution >= 4 is 27.8 Å². The van der Waals surface area contributed by atoms with Crippen LogP contribution in [0.15, 0.2) is 115 Å². The molecule has 210 valence electrons. The molecular formula is C42H37N. The highest BCUT2D eigenvalue weighted by Crippen LogP contribution is 2.53. The van der Waals surface area contributed by atoms with Crippen LogP contribution in [0.4, 0.5) is 17.1 Å². The Kier molecular flexibility index (Phi) is 5.42. The Bertz CT molecular complexity index is 2000. The molecule has 6 aromatic rings. The maximum Gasteiger partial charge on any atom is 0.0470 e. The fourth-order valence-electron chi connectivity index (χ4n) is 7.88. The molecule has 0 aliphatic heterocycles. The maximum absolute atomic E-state index is 2.48. The van der Waals surface area contributed by atoms with Gasteiger partial charge in [-0.1, -0.05) is 112 Å². The summed E-state index contributed by atoms with van der Waals surface area (Å²) in [6, 6.07) is 43.5. The van der Waals surface area contributed by atoms with Crippen LogP contribution in [0.25, 0.3) is 33.0 Å². The van der Waals surface area contributed by atoms with Gasteiger partial charge in [0.05, 0.1) is 0 Å². The third-order valence-electron chi connectivity index (χ3n) is 10.2. The number of anilines is 3. The summed E-state index contributed by atoms with van der Waals surface area (Å²) in [7, 11) is 0. The minimum Gasteiger partial charge on any atom is -0.310 e. The van der Waals surface area contributed by atoms with Crippen molar-refractivity contribution in [2.24, 2.45) is 0 Å². The van der Waals surface area contributed by atoms with Crippen LogP contribution in [0.5, 0.6) is 0 Å². The Hall–Kier alpha value is -4.62. The molecule has 0 heterocycles. The number of fused-ring (bicyclic) bond motifs is 7. The van der Waals surface area contributed by atoms with Gasteiger partial charge in [0.25, 0.3) is 0 Å². The highest BCUT2D eigenvalue weighted by molar-refractivity contribution is 5.94. The van der Waals surface area contributed by atoms with Crippen LogP contribution in [0.1, 0.15) is 61.1 Å². The van der Waals surface area contributed by atoms with Crippen molar-refractivity contribution in [1.29, 1.82) is 0 Å². The van der Waals surface area contributed by atoms with E-state index in [2.05, 4.69) is 162 Å². The SMILES string of the molecule is Cc1ccc2cc(N(c3ccc4c(c3)C(C)(C)c3ccccc3-4)c3ccc4c(c3)C(C)(C)c3ccccc3-4)cc(C)c2c1. The molecule has 8 rings (SSSR count). The van der Waals surface area contributed by atoms with Crippen LogP contribution in [0.2, 0.25) is 0 Å². The van der Waals surface area contributed by atoms with E-state index in [-0.39, 0.29) is 10.8 Å². The van der Waals surface area contributed by atoms with Crippen molar-refractivity contribution in [3.8, 4) is 22.3 Å². The van der Waals surface area contributed by atoms with Crippen LogP contribution < -0.4 is 4.90 Å². The van der Waals surface area contributed by atoms with E-state index in [1.807, 2.05) is 0 Å². The standard InChI is InChI=1S/C42H37N/c1-26-15-16-28-23-31(22-27(2)36(28)21-26)43(29-17-19-34-32-11-7-9-13-37(32)41(3,4)39(34)24-29)30-18-20-35-33-12-8-10-14-38(33)42(5,6)40(35)25-30/h7-25H,1-6H3. The van der Waals surface area contributed by atoms with Crippen LogP contribution in [-0.4, -0.2) is 0 Å². The van der Waals surface area contributed by atoms with Gasteiger partial charge in [0.1, 0.15) is 0 Å². The molecule has 0 aromatic heterocycles. The van der Waals surface area contributed by atoms with Crippen molar-refractivity contribution in [2.45, 2.75) is 52.4 Å². The van der Waals surface area contributed by atoms with E-state index < -0.39 is 0 Å². The zero-order valence-corrected chi connectivity index (χ0v) is 25.9. The first kappa shape index (κ1) is 26.0. The Morgan fingerprint density at radius 2 is 0.953 bits per heavy atom. The quantitative estimate of drug-likeness (QED) is 0.210. The lowest BCUT2D eigenvalue weighted by atomic mass is 9.82. The molecule has 2 aliphatic rings. The largest absolute Gasteiger partial charge is 0.310 e. The summed E-state index contributed by atoms with van der Waals surface area (Å²) in [6.45, 7) is 13.9. The molecule has 1 nitrogen and oxygen atoms in total. The number of aryl methyl sites for hydroxylation is 2. The van der Waals surface area contributed by atoms with E-state index in [9.17, 15) is 0 Å². The number of nitrogens with zero attached hydrogens (tertiary/aromatic N) is 1. The summed E-state index contributed by atoms with van der Waals surface area (Å²) in [5.74, 6) is 0. The summed E-state index contributed by atoms with van der Waals surface area (Å²) in [5, 5.41) is 2.59. The van der Waals surface area contributed by atoms with Crippen LogP contribution in [0, 0.1) is 13.8 Å². The maximum atomic E-state index is 2.48. The molecule has 0 N–H and O–H groups in total. The lowest BCUT2D eigenvalue weighted by Gasteiger charge is -2.30. The lowest BCUT2D eigenvalue weighted by molar-refractivity contribution is 0.660. The number of rotatable bonds is 3. The third kappa shape index (κ3) is 3.70. The first-order valence-corrected chi connectivity index (χ1v) is 15.4. The molecule has 0 radical (unpaired) electrons. The van der Waals surface area contributed by atoms with Crippen LogP contribution >= 0.6 is 0 Å². The monoisotopic (exact) mass is 555 g/mol. The molecule has 0 bridgehead atoms. The van der Waals surface area contributed by atoms with Gasteiger partial charge < -0.3 is 4.90 Å². The van der Waals surface area contributed by atoms with Gasteiger partial charge in [0.15, 0.2) is 0 Å². The van der Waals surface area contributed by atoms with E-state index in [0.29, 0.717) is 0 Å². The second kappa shape index (κ2) is 8.94. The van der Waals surface area contributed by atoms with Gasteiger partial charge in [-0.15, -0.1) is 0 Å². The van der Waals surface area contributed by atoms with E-state index in [4.69, 9.17) is 0 Å². The third-order valence-corrected chi connectivity index (χ3v) is 10.2. The van der Waals surface area contributed by atoms with Gasteiger partial charge >= 0.3 is 0 Å². The summed E-state index contributed by atoms with van der Waals surface area (Å²) < 4.78 is 0. The van der Waals surface area contributed by atoms with Crippen LogP contribution in [-0.2, 0) is 10.8 Å². The van der Waals surface area contributed by atoms with Gasteiger partial charge in [-0.2, -0.15) is 0 Å². The van der Waals surface area contributed by atoms with Gasteiger partial charge in [-0.05, 0) is 111 Å². The van der Waals surface area contributed by atoms with Crippen molar-refractivity contribution in [3.63, 3.8) is 0 Å². The highest BCUT2D eigenvalue weighted by Gasteiger charge is 2.37. The normalized spacial score (nSPS) is 15.1. The Balaban J connectivity index is 1.36. The summed E-state index contributed by atoms with van der Waals surface area (Å²) in [6.07, 6.45) is 0. The first-order valence-electron chi connectivity index (χ1n) is 15.4. The molecule has 0 atom stereocenters. The smallest absolute Gasteiger partial charge is 0.0470 e. The topological polar surface area (TPSA) is 3.24 Å². The fraction of sp³-hybridized carbons (Fsp3) is 0.190. The minimum atomic E-state index is -0.0635. The molecule has 6 aromatic carbocycles. The van der Waals surface area contributed by atoms with E-state index >= 15 is 0 Å². The number of hydrogen-bond acceptors (Lipinski definition) is 1. The molecule has 0 saturated heterocycles. The van der Waals surface area contributed by atoms with E-state index in [0.717, 1.165) is 0 Å². The molecule has 0 spiro atoms.